The largest absolute Gasteiger partial charge is 0.480 e. The fourth-order valence-corrected chi connectivity index (χ4v) is 8.93. The van der Waals surface area contributed by atoms with E-state index >= 15 is 0 Å². The zero-order valence-electron chi connectivity index (χ0n) is 26.8. The number of carboxylic acid groups (broad SMARTS) is 1. The Morgan fingerprint density at radius 1 is 1.10 bits per heavy atom. The zero-order chi connectivity index (χ0) is 35.2. The summed E-state index contributed by atoms with van der Waals surface area (Å²) in [4.78, 5) is 86.4. The lowest BCUT2D eigenvalue weighted by molar-refractivity contribution is -0.385. The number of nitro benzene ring substituents is 1. The summed E-state index contributed by atoms with van der Waals surface area (Å²) in [7, 11) is 0. The third-order valence-electron chi connectivity index (χ3n) is 11.5. The Bertz CT molecular complexity index is 1600. The minimum atomic E-state index is -1.91. The van der Waals surface area contributed by atoms with E-state index in [0.29, 0.717) is 32.1 Å². The molecule has 8 atom stereocenters. The number of aliphatic hydroxyl groups excluding tert-OH is 1. The van der Waals surface area contributed by atoms with E-state index < -0.39 is 76.6 Å². The molecule has 1 aromatic rings. The van der Waals surface area contributed by atoms with Crippen LogP contribution in [0.15, 0.2) is 35.9 Å². The molecule has 0 radical (unpaired) electrons. The van der Waals surface area contributed by atoms with E-state index in [1.54, 1.807) is 13.0 Å². The maximum absolute atomic E-state index is 13.8. The van der Waals surface area contributed by atoms with Crippen LogP contribution in [0, 0.1) is 38.7 Å². The van der Waals surface area contributed by atoms with Gasteiger partial charge in [-0.1, -0.05) is 31.6 Å². The van der Waals surface area contributed by atoms with E-state index in [0.717, 1.165) is 17.7 Å². The summed E-state index contributed by atoms with van der Waals surface area (Å²) in [6.45, 7) is 3.02. The third kappa shape index (κ3) is 6.07. The number of Topliss-reactive ketones (excluding diaryl/α,β-unsaturated/α-hetero) is 2. The first-order chi connectivity index (χ1) is 22.5. The van der Waals surface area contributed by atoms with Gasteiger partial charge in [0.05, 0.1) is 11.3 Å². The average molecular weight is 669 g/mol. The lowest BCUT2D eigenvalue weighted by Crippen LogP contribution is -2.61. The van der Waals surface area contributed by atoms with Crippen LogP contribution in [-0.2, 0) is 33.5 Å². The Kier molecular flexibility index (Phi) is 9.45. The number of carbonyl (C=O) groups is 6. The van der Waals surface area contributed by atoms with Gasteiger partial charge in [-0.3, -0.25) is 34.1 Å². The van der Waals surface area contributed by atoms with Gasteiger partial charge in [0.2, 0.25) is 11.7 Å². The van der Waals surface area contributed by atoms with Crippen LogP contribution in [-0.4, -0.2) is 73.7 Å². The van der Waals surface area contributed by atoms with Crippen LogP contribution in [0.3, 0.4) is 0 Å². The number of allylic oxidation sites excluding steroid dienone is 1. The van der Waals surface area contributed by atoms with Crippen molar-refractivity contribution < 1.29 is 53.7 Å². The van der Waals surface area contributed by atoms with E-state index in [1.165, 1.54) is 12.1 Å². The number of carbonyl (C=O) groups excluding carboxylic acids is 5. The molecule has 4 aliphatic rings. The molecular weight excluding hydrogens is 628 g/mol. The van der Waals surface area contributed by atoms with Crippen molar-refractivity contribution in [3.8, 4) is 0 Å². The topological polar surface area (TPSA) is 228 Å². The van der Waals surface area contributed by atoms with Crippen molar-refractivity contribution in [3.05, 3.63) is 51.6 Å². The molecule has 48 heavy (non-hydrogen) atoms. The smallest absolute Gasteiger partial charge is 0.329 e. The number of non-ortho nitro benzene ring substituents is 1. The summed E-state index contributed by atoms with van der Waals surface area (Å²) in [6, 6.07) is 2.77. The molecular formula is C34H40N2O12. The summed E-state index contributed by atoms with van der Waals surface area (Å²) in [5, 5.41) is 45.0. The van der Waals surface area contributed by atoms with Gasteiger partial charge in [-0.15, -0.1) is 0 Å². The molecule has 0 bridgehead atoms. The number of benzene rings is 1. The van der Waals surface area contributed by atoms with E-state index in [9.17, 15) is 54.2 Å². The Balaban J connectivity index is 1.17. The van der Waals surface area contributed by atoms with E-state index in [-0.39, 0.29) is 53.4 Å². The molecule has 14 nitrogen and oxygen atoms in total. The molecule has 0 heterocycles. The first kappa shape index (κ1) is 35.0. The number of esters is 1. The molecule has 0 aromatic heterocycles. The van der Waals surface area contributed by atoms with Crippen LogP contribution >= 0.6 is 0 Å². The first-order valence-corrected chi connectivity index (χ1v) is 16.1. The lowest BCUT2D eigenvalue weighted by Gasteiger charge is -2.57. The number of hydrogen-bond donors (Lipinski definition) is 4. The van der Waals surface area contributed by atoms with E-state index in [1.807, 2.05) is 0 Å². The number of aliphatic carboxylic acids is 1. The summed E-state index contributed by atoms with van der Waals surface area (Å²) in [5.41, 5.74) is -2.89. The molecule has 1 amide bonds. The minimum absolute atomic E-state index is 0.0149. The van der Waals surface area contributed by atoms with Gasteiger partial charge in [-0.2, -0.15) is 0 Å². The van der Waals surface area contributed by atoms with Crippen molar-refractivity contribution >= 4 is 40.9 Å². The number of aliphatic hydroxyl groups is 2. The predicted octanol–water partition coefficient (Wildman–Crippen LogP) is 2.53. The molecule has 4 aliphatic carbocycles. The highest BCUT2D eigenvalue weighted by Gasteiger charge is 2.68. The molecule has 0 unspecified atom stereocenters. The summed E-state index contributed by atoms with van der Waals surface area (Å²) >= 11 is 0. The van der Waals surface area contributed by atoms with Gasteiger partial charge in [-0.25, -0.2) is 4.79 Å². The minimum Gasteiger partial charge on any atom is -0.480 e. The van der Waals surface area contributed by atoms with Gasteiger partial charge < -0.3 is 25.4 Å². The quantitative estimate of drug-likeness (QED) is 0.152. The van der Waals surface area contributed by atoms with Crippen LogP contribution < -0.4 is 5.32 Å². The Morgan fingerprint density at radius 2 is 1.83 bits per heavy atom. The van der Waals surface area contributed by atoms with Gasteiger partial charge in [0.1, 0.15) is 17.5 Å². The van der Waals surface area contributed by atoms with Crippen LogP contribution in [0.25, 0.3) is 0 Å². The third-order valence-corrected chi connectivity index (χ3v) is 11.5. The Labute approximate surface area is 276 Å². The second-order valence-electron chi connectivity index (χ2n) is 14.1. The highest BCUT2D eigenvalue weighted by atomic mass is 16.6. The number of carboxylic acids is 1. The SMILES string of the molecule is C[C@]12CCC(=O)C=C1CC[C@H]1[C@H]2C(=O)C[C@@]2(C)[C@H]1CC[C@]2(O)C(=O)COC(=O)CCC(=O)N[C@H](C(=O)O)[C@@H](O)c1cccc([N+](=O)[O-])c1. The molecule has 5 rings (SSSR count). The number of nitrogens with one attached hydrogen (secondary N) is 1. The number of nitro groups is 1. The summed E-state index contributed by atoms with van der Waals surface area (Å²) in [5.74, 6) is -4.68. The lowest BCUT2D eigenvalue weighted by atomic mass is 9.46. The molecule has 0 aliphatic heterocycles. The van der Waals surface area contributed by atoms with Crippen LogP contribution in [0.2, 0.25) is 0 Å². The van der Waals surface area contributed by atoms with Crippen LogP contribution in [0.1, 0.15) is 83.3 Å². The van der Waals surface area contributed by atoms with Crippen molar-refractivity contribution in [1.29, 1.82) is 0 Å². The van der Waals surface area contributed by atoms with Crippen LogP contribution in [0.4, 0.5) is 5.69 Å². The highest BCUT2D eigenvalue weighted by molar-refractivity contribution is 5.95. The molecule has 258 valence electrons. The summed E-state index contributed by atoms with van der Waals surface area (Å²) < 4.78 is 5.11. The predicted molar refractivity (Wildman–Crippen MR) is 165 cm³/mol. The number of rotatable bonds is 11. The Hall–Kier alpha value is -4.30. The number of nitrogens with zero attached hydrogens (tertiary/aromatic N) is 1. The zero-order valence-corrected chi connectivity index (χ0v) is 26.8. The van der Waals surface area contributed by atoms with Gasteiger partial charge in [0.15, 0.2) is 18.4 Å². The molecule has 3 saturated carbocycles. The molecule has 4 N–H and O–H groups in total. The van der Waals surface area contributed by atoms with Crippen molar-refractivity contribution in [2.75, 3.05) is 6.61 Å². The van der Waals surface area contributed by atoms with Crippen molar-refractivity contribution in [3.63, 3.8) is 0 Å². The second kappa shape index (κ2) is 13.0. The fourth-order valence-electron chi connectivity index (χ4n) is 8.93. The molecule has 0 spiro atoms. The molecule has 14 heteroatoms. The average Bonchev–Trinajstić information content (AvgIpc) is 3.31. The number of amides is 1. The molecule has 3 fully saturated rings. The monoisotopic (exact) mass is 668 g/mol. The maximum Gasteiger partial charge on any atom is 0.329 e. The number of fused-ring (bicyclic) bond motifs is 5. The standard InChI is InChI=1S/C34H40N2O12/c1-32-12-10-21(37)15-19(32)6-7-22-23-11-13-34(45,33(23,2)16-24(38)28(22)32)25(39)17-48-27(41)9-8-26(40)35-29(31(43)44)30(42)18-4-3-5-20(14-18)36(46)47/h3-5,14-15,22-23,28-30,42,45H,6-13,16-17H2,1-2H3,(H,35,40)(H,43,44)/t22-,23+,28+,29+,30+,32+,33+,34+/m1/s1. The van der Waals surface area contributed by atoms with E-state index in [2.05, 4.69) is 12.2 Å². The van der Waals surface area contributed by atoms with Gasteiger partial charge in [0, 0.05) is 42.7 Å². The first-order valence-electron chi connectivity index (χ1n) is 16.1. The van der Waals surface area contributed by atoms with E-state index in [4.69, 9.17) is 4.74 Å². The summed E-state index contributed by atoms with van der Waals surface area (Å²) in [6.07, 6.45) is 1.71. The highest BCUT2D eigenvalue weighted by Crippen LogP contribution is 2.66. The van der Waals surface area contributed by atoms with Crippen molar-refractivity contribution in [2.24, 2.45) is 28.6 Å². The normalized spacial score (nSPS) is 32.1. The number of ketones is 3. The van der Waals surface area contributed by atoms with Gasteiger partial charge in [0.25, 0.3) is 5.69 Å². The Morgan fingerprint density at radius 3 is 2.52 bits per heavy atom. The maximum atomic E-state index is 13.8. The second-order valence-corrected chi connectivity index (χ2v) is 14.1. The van der Waals surface area contributed by atoms with Gasteiger partial charge >= 0.3 is 11.9 Å². The molecule has 0 saturated heterocycles. The number of hydrogen-bond acceptors (Lipinski definition) is 11. The van der Waals surface area contributed by atoms with Crippen molar-refractivity contribution in [2.45, 2.75) is 89.4 Å². The fraction of sp³-hybridized carbons (Fsp3) is 0.588. The van der Waals surface area contributed by atoms with Gasteiger partial charge in [-0.05, 0) is 61.0 Å². The van der Waals surface area contributed by atoms with Crippen molar-refractivity contribution in [1.82, 2.24) is 5.32 Å². The number of ether oxygens (including phenoxy) is 1. The molecule has 1 aromatic carbocycles. The van der Waals surface area contributed by atoms with Crippen LogP contribution in [0.5, 0.6) is 0 Å².